The number of hydrogen-bond acceptors (Lipinski definition) is 3. The van der Waals surface area contributed by atoms with Crippen LogP contribution >= 0.6 is 15.9 Å². The molecule has 0 radical (unpaired) electrons. The Morgan fingerprint density at radius 1 is 1.50 bits per heavy atom. The molecule has 0 saturated heterocycles. The molecule has 1 aromatic rings. The molecule has 1 rings (SSSR count). The number of carboxylic acids is 1. The van der Waals surface area contributed by atoms with Gasteiger partial charge >= 0.3 is 5.97 Å². The molecule has 0 aromatic carbocycles. The van der Waals surface area contributed by atoms with Gasteiger partial charge in [0.05, 0.1) is 0 Å². The summed E-state index contributed by atoms with van der Waals surface area (Å²) in [7, 11) is 0. The van der Waals surface area contributed by atoms with Gasteiger partial charge in [-0.05, 0) is 34.5 Å². The lowest BCUT2D eigenvalue weighted by Crippen LogP contribution is -2.36. The number of amides is 1. The van der Waals surface area contributed by atoms with Crippen LogP contribution in [0.2, 0.25) is 0 Å². The highest BCUT2D eigenvalue weighted by atomic mass is 79.9. The molecule has 0 atom stereocenters. The molecule has 0 fully saturated rings. The number of nitrogens with zero attached hydrogens (tertiary/aromatic N) is 1. The van der Waals surface area contributed by atoms with Gasteiger partial charge in [0.2, 0.25) is 0 Å². The fourth-order valence-electron chi connectivity index (χ4n) is 1.27. The third kappa shape index (κ3) is 3.37. The molecule has 88 valence electrons. The van der Waals surface area contributed by atoms with E-state index in [1.807, 2.05) is 6.92 Å². The number of furan rings is 1. The summed E-state index contributed by atoms with van der Waals surface area (Å²) in [4.78, 5) is 23.7. The first-order valence-electron chi connectivity index (χ1n) is 4.81. The van der Waals surface area contributed by atoms with Crippen LogP contribution in [-0.4, -0.2) is 35.0 Å². The average Bonchev–Trinajstić information content (AvgIpc) is 2.62. The van der Waals surface area contributed by atoms with Crippen molar-refractivity contribution >= 4 is 27.8 Å². The van der Waals surface area contributed by atoms with Crippen LogP contribution in [0.4, 0.5) is 0 Å². The molecule has 0 saturated carbocycles. The maximum Gasteiger partial charge on any atom is 0.323 e. The Bertz CT molecular complexity index is 388. The highest BCUT2D eigenvalue weighted by Gasteiger charge is 2.20. The van der Waals surface area contributed by atoms with E-state index in [1.165, 1.54) is 11.0 Å². The second-order valence-electron chi connectivity index (χ2n) is 3.22. The van der Waals surface area contributed by atoms with Crippen LogP contribution in [0.1, 0.15) is 23.9 Å². The molecule has 0 unspecified atom stereocenters. The Labute approximate surface area is 101 Å². The van der Waals surface area contributed by atoms with Gasteiger partial charge in [-0.3, -0.25) is 9.59 Å². The molecule has 6 heteroatoms. The van der Waals surface area contributed by atoms with E-state index in [0.29, 0.717) is 17.6 Å². The van der Waals surface area contributed by atoms with E-state index in [4.69, 9.17) is 9.52 Å². The van der Waals surface area contributed by atoms with E-state index in [-0.39, 0.29) is 12.3 Å². The summed E-state index contributed by atoms with van der Waals surface area (Å²) in [5, 5.41) is 8.68. The van der Waals surface area contributed by atoms with Gasteiger partial charge in [0.1, 0.15) is 6.54 Å². The maximum atomic E-state index is 11.8. The van der Waals surface area contributed by atoms with Crippen LogP contribution in [0.15, 0.2) is 21.2 Å². The van der Waals surface area contributed by atoms with Gasteiger partial charge < -0.3 is 14.4 Å². The zero-order valence-electron chi connectivity index (χ0n) is 8.77. The van der Waals surface area contributed by atoms with E-state index >= 15 is 0 Å². The molecule has 0 bridgehead atoms. The average molecular weight is 290 g/mol. The fourth-order valence-corrected chi connectivity index (χ4v) is 1.58. The Hall–Kier alpha value is -1.30. The number of hydrogen-bond donors (Lipinski definition) is 1. The quantitative estimate of drug-likeness (QED) is 0.900. The molecular formula is C10H12BrNO4. The van der Waals surface area contributed by atoms with Crippen molar-refractivity contribution in [1.29, 1.82) is 0 Å². The van der Waals surface area contributed by atoms with Crippen molar-refractivity contribution in [3.63, 3.8) is 0 Å². The van der Waals surface area contributed by atoms with E-state index in [9.17, 15) is 9.59 Å². The zero-order chi connectivity index (χ0) is 12.1. The van der Waals surface area contributed by atoms with E-state index in [2.05, 4.69) is 15.9 Å². The van der Waals surface area contributed by atoms with Gasteiger partial charge in [0, 0.05) is 6.54 Å². The van der Waals surface area contributed by atoms with Crippen LogP contribution in [0.5, 0.6) is 0 Å². The highest BCUT2D eigenvalue weighted by Crippen LogP contribution is 2.15. The van der Waals surface area contributed by atoms with Gasteiger partial charge in [-0.1, -0.05) is 6.92 Å². The molecule has 5 nitrogen and oxygen atoms in total. The van der Waals surface area contributed by atoms with Crippen molar-refractivity contribution in [3.8, 4) is 0 Å². The summed E-state index contributed by atoms with van der Waals surface area (Å²) in [5.74, 6) is -1.30. The SMILES string of the molecule is CCCN(CC(=O)O)C(=O)c1ccc(Br)o1. The molecule has 0 aliphatic carbocycles. The largest absolute Gasteiger partial charge is 0.480 e. The van der Waals surface area contributed by atoms with Crippen molar-refractivity contribution in [2.45, 2.75) is 13.3 Å². The smallest absolute Gasteiger partial charge is 0.323 e. The monoisotopic (exact) mass is 289 g/mol. The minimum absolute atomic E-state index is 0.140. The zero-order valence-corrected chi connectivity index (χ0v) is 10.4. The summed E-state index contributed by atoms with van der Waals surface area (Å²) in [6.45, 7) is 1.95. The molecular weight excluding hydrogens is 278 g/mol. The highest BCUT2D eigenvalue weighted by molar-refractivity contribution is 9.10. The van der Waals surface area contributed by atoms with Crippen molar-refractivity contribution in [2.75, 3.05) is 13.1 Å². The number of carbonyl (C=O) groups excluding carboxylic acids is 1. The lowest BCUT2D eigenvalue weighted by atomic mass is 10.3. The fraction of sp³-hybridized carbons (Fsp3) is 0.400. The second-order valence-corrected chi connectivity index (χ2v) is 4.01. The number of rotatable bonds is 5. The first-order chi connectivity index (χ1) is 7.54. The summed E-state index contributed by atoms with van der Waals surface area (Å²) >= 11 is 3.09. The van der Waals surface area contributed by atoms with Gasteiger partial charge in [0.15, 0.2) is 10.4 Å². The third-order valence-corrected chi connectivity index (χ3v) is 2.32. The van der Waals surface area contributed by atoms with Crippen LogP contribution in [0, 0.1) is 0 Å². The predicted octanol–water partition coefficient (Wildman–Crippen LogP) is 1.98. The molecule has 1 aromatic heterocycles. The van der Waals surface area contributed by atoms with Gasteiger partial charge in [0.25, 0.3) is 5.91 Å². The first kappa shape index (κ1) is 12.8. The molecule has 1 N–H and O–H groups in total. The summed E-state index contributed by atoms with van der Waals surface area (Å²) in [5.41, 5.74) is 0. The Morgan fingerprint density at radius 2 is 2.19 bits per heavy atom. The van der Waals surface area contributed by atoms with Gasteiger partial charge in [-0.25, -0.2) is 0 Å². The predicted molar refractivity (Wildman–Crippen MR) is 60.2 cm³/mol. The first-order valence-corrected chi connectivity index (χ1v) is 5.60. The van der Waals surface area contributed by atoms with E-state index in [1.54, 1.807) is 6.07 Å². The topological polar surface area (TPSA) is 70.8 Å². The van der Waals surface area contributed by atoms with Crippen LogP contribution < -0.4 is 0 Å². The molecule has 16 heavy (non-hydrogen) atoms. The molecule has 1 amide bonds. The minimum Gasteiger partial charge on any atom is -0.480 e. The number of carboxylic acid groups (broad SMARTS) is 1. The molecule has 0 aliphatic heterocycles. The van der Waals surface area contributed by atoms with Crippen molar-refractivity contribution < 1.29 is 19.1 Å². The Kier molecular flexibility index (Phi) is 4.54. The third-order valence-electron chi connectivity index (χ3n) is 1.89. The maximum absolute atomic E-state index is 11.8. The molecule has 0 spiro atoms. The van der Waals surface area contributed by atoms with E-state index < -0.39 is 11.9 Å². The molecule has 0 aliphatic rings. The normalized spacial score (nSPS) is 10.1. The van der Waals surface area contributed by atoms with Crippen LogP contribution in [0.25, 0.3) is 0 Å². The second kappa shape index (κ2) is 5.69. The van der Waals surface area contributed by atoms with Crippen molar-refractivity contribution in [2.24, 2.45) is 0 Å². The van der Waals surface area contributed by atoms with E-state index in [0.717, 1.165) is 0 Å². The van der Waals surface area contributed by atoms with Crippen LogP contribution in [-0.2, 0) is 4.79 Å². The molecule has 1 heterocycles. The van der Waals surface area contributed by atoms with Gasteiger partial charge in [-0.2, -0.15) is 0 Å². The summed E-state index contributed by atoms with van der Waals surface area (Å²) in [6.07, 6.45) is 0.695. The van der Waals surface area contributed by atoms with Crippen LogP contribution in [0.3, 0.4) is 0 Å². The van der Waals surface area contributed by atoms with Crippen molar-refractivity contribution in [3.05, 3.63) is 22.6 Å². The lowest BCUT2D eigenvalue weighted by Gasteiger charge is -2.18. The van der Waals surface area contributed by atoms with Crippen molar-refractivity contribution in [1.82, 2.24) is 4.90 Å². The number of halogens is 1. The number of carbonyl (C=O) groups is 2. The Morgan fingerprint density at radius 3 is 2.62 bits per heavy atom. The number of aliphatic carboxylic acids is 1. The summed E-state index contributed by atoms with van der Waals surface area (Å²) < 4.78 is 5.53. The lowest BCUT2D eigenvalue weighted by molar-refractivity contribution is -0.137. The van der Waals surface area contributed by atoms with Gasteiger partial charge in [-0.15, -0.1) is 0 Å². The Balaban J connectivity index is 2.78. The summed E-state index contributed by atoms with van der Waals surface area (Å²) in [6, 6.07) is 3.11. The standard InChI is InChI=1S/C10H12BrNO4/c1-2-5-12(6-9(13)14)10(15)7-3-4-8(11)16-7/h3-4H,2,5-6H2,1H3,(H,13,14). The minimum atomic E-state index is -1.03.